The van der Waals surface area contributed by atoms with Crippen LogP contribution in [0.2, 0.25) is 0 Å². The molecule has 1 saturated heterocycles. The Morgan fingerprint density at radius 3 is 1.64 bits per heavy atom. The minimum atomic E-state index is -1.84. The highest BCUT2D eigenvalue weighted by Crippen LogP contribution is 2.23. The zero-order chi connectivity index (χ0) is 86.5. The molecule has 1 aliphatic heterocycles. The van der Waals surface area contributed by atoms with Gasteiger partial charge in [-0.2, -0.15) is 11.8 Å². The number of primary amides is 1. The fourth-order valence-electron chi connectivity index (χ4n) is 12.9. The lowest BCUT2D eigenvalue weighted by Crippen LogP contribution is -2.61. The largest absolute Gasteiger partial charge is 0.508 e. The first-order valence-electron chi connectivity index (χ1n) is 38.5. The number of aliphatic hydroxyl groups excluding tert-OH is 2. The maximum atomic E-state index is 15.2. The lowest BCUT2D eigenvalue weighted by atomic mass is 10.0. The number of nitrogens with two attached hydrogens (primary N) is 3. The maximum Gasteiger partial charge on any atom is 0.303 e. The third-order valence-electron chi connectivity index (χ3n) is 19.2. The number of carboxylic acid groups (broad SMARTS) is 1. The fourth-order valence-corrected chi connectivity index (χ4v) is 13.4. The van der Waals surface area contributed by atoms with Crippen molar-refractivity contribution < 1.29 is 92.3 Å². The number of aromatic nitrogens is 3. The van der Waals surface area contributed by atoms with Crippen LogP contribution in [0.15, 0.2) is 97.6 Å². The first-order chi connectivity index (χ1) is 56.3. The van der Waals surface area contributed by atoms with Crippen LogP contribution in [0.1, 0.15) is 107 Å². The molecule has 0 spiro atoms. The van der Waals surface area contributed by atoms with E-state index in [4.69, 9.17) is 22.6 Å². The molecule has 0 saturated carbocycles. The molecule has 6 rings (SSSR count). The standard InChI is InChI=1S/C77H109N21O19S/c1-42(2)64(65(79)106)97-75(116)61-20-13-30-98(61)76(117)54(18-10-11-28-78)88-62(103)38-85-66(107)57(34-46-36-84-50-17-9-8-16-49(46)50)94-67(108)51(19-12-29-83-77(80)81)89-70(111)55(32-44-14-6-5-7-15-44)92-72(113)58(35-47-37-82-41-86-47)95-68(109)52(25-26-63(104)105)90-69(110)53(27-31-118-4)91-74(115)60(40-100)96-71(112)56(33-45-21-23-48(102)24-22-45)93-73(114)59(39-99)87-43(3)101/h5-9,14-17,21-24,36-37,41-42,51-61,64,84,99-100,102H,10-13,18-20,25-35,38-40,78H2,1-4H3,(H2,79,106)(H,82,86)(H,85,107)(H,87,101)(H,88,103)(H,89,111)(H,90,110)(H,91,115)(H,92,113)(H,93,114)(H,94,108)(H,95,109)(H,96,112)(H,97,116)(H,104,105)(H4,80,81,83)/t51-,52-,53+,54-,55+,56-,57-,58-,59-,60-,61-,64-/m0/s1. The lowest BCUT2D eigenvalue weighted by molar-refractivity contribution is -0.142. The Hall–Kier alpha value is -12.2. The Bertz CT molecular complexity index is 4250. The quantitative estimate of drug-likeness (QED) is 0.00991. The van der Waals surface area contributed by atoms with Gasteiger partial charge >= 0.3 is 5.97 Å². The molecule has 642 valence electrons. The molecule has 14 amide bonds. The molecular weight excluding hydrogens is 1560 g/mol. The number of aliphatic carboxylic acids is 1. The summed E-state index contributed by atoms with van der Waals surface area (Å²) >= 11 is 1.23. The van der Waals surface area contributed by atoms with E-state index in [-0.39, 0.29) is 94.1 Å². The number of phenols is 1. The smallest absolute Gasteiger partial charge is 0.303 e. The molecule has 12 atom stereocenters. The van der Waals surface area contributed by atoms with E-state index in [0.717, 1.165) is 6.92 Å². The molecule has 1 fully saturated rings. The number of guanidine groups is 1. The Labute approximate surface area is 684 Å². The van der Waals surface area contributed by atoms with Crippen molar-refractivity contribution in [2.75, 3.05) is 51.4 Å². The van der Waals surface area contributed by atoms with Crippen LogP contribution in [0.3, 0.4) is 0 Å². The van der Waals surface area contributed by atoms with Gasteiger partial charge < -0.3 is 122 Å². The summed E-state index contributed by atoms with van der Waals surface area (Å²) in [6, 6.07) is 2.94. The highest BCUT2D eigenvalue weighted by molar-refractivity contribution is 7.98. The summed E-state index contributed by atoms with van der Waals surface area (Å²) in [4.78, 5) is 220. The molecule has 26 N–H and O–H groups in total. The molecular formula is C77H109N21O19S. The molecule has 0 aliphatic carbocycles. The van der Waals surface area contributed by atoms with Gasteiger partial charge in [0.05, 0.1) is 26.1 Å². The van der Waals surface area contributed by atoms with Gasteiger partial charge in [-0.25, -0.2) is 4.98 Å². The van der Waals surface area contributed by atoms with Crippen LogP contribution in [0.5, 0.6) is 5.75 Å². The van der Waals surface area contributed by atoms with Crippen LogP contribution in [0.4, 0.5) is 0 Å². The normalized spacial score (nSPS) is 15.2. The van der Waals surface area contributed by atoms with Crippen LogP contribution in [0.25, 0.3) is 10.9 Å². The van der Waals surface area contributed by atoms with Crippen LogP contribution >= 0.6 is 11.8 Å². The Balaban J connectivity index is 1.25. The van der Waals surface area contributed by atoms with Crippen LogP contribution in [-0.2, 0) is 97.6 Å². The Morgan fingerprint density at radius 1 is 0.576 bits per heavy atom. The second-order valence-corrected chi connectivity index (χ2v) is 29.6. The SMILES string of the molecule is CSCC[C@@H](NC(=O)[C@H](CO)NC(=O)[C@H](Cc1ccc(O)cc1)NC(=O)[C@H](CO)NC(C)=O)C(=O)N[C@@H](CCC(=O)O)C(=O)N[C@@H](Cc1cnc[nH]1)C(=O)N[C@H](Cc1ccccc1)C(=O)N[C@@H](CCCNC(=N)N)C(=O)N[C@@H](Cc1c[nH]c2ccccc12)C(=O)NCC(=O)N[C@@H](CCCCN)C(=O)N1CCC[C@H]1C(=O)N[C@H](C(N)=O)C(C)C. The summed E-state index contributed by atoms with van der Waals surface area (Å²) in [6.45, 7) is 2.20. The molecule has 0 bridgehead atoms. The number of nitrogens with zero attached hydrogens (tertiary/aromatic N) is 2. The van der Waals surface area contributed by atoms with Crippen LogP contribution in [-0.4, -0.2) is 259 Å². The first kappa shape index (κ1) is 94.6. The van der Waals surface area contributed by atoms with Gasteiger partial charge in [0.2, 0.25) is 82.7 Å². The molecule has 0 unspecified atom stereocenters. The van der Waals surface area contributed by atoms with Gasteiger partial charge in [0, 0.05) is 81.1 Å². The van der Waals surface area contributed by atoms with E-state index in [1.807, 2.05) is 0 Å². The summed E-state index contributed by atoms with van der Waals surface area (Å²) < 4.78 is 0. The zero-order valence-corrected chi connectivity index (χ0v) is 66.9. The second kappa shape index (κ2) is 48.3. The summed E-state index contributed by atoms with van der Waals surface area (Å²) in [5.41, 5.74) is 19.3. The minimum absolute atomic E-state index is 0.00491. The number of imidazole rings is 1. The average molecular weight is 1660 g/mol. The van der Waals surface area contributed by atoms with Gasteiger partial charge in [-0.1, -0.05) is 74.5 Å². The van der Waals surface area contributed by atoms with E-state index in [9.17, 15) is 78.0 Å². The Kier molecular flexibility index (Phi) is 38.8. The number of aliphatic hydroxyl groups is 2. The number of hydrogen-bond donors (Lipinski definition) is 23. The second-order valence-electron chi connectivity index (χ2n) is 28.7. The van der Waals surface area contributed by atoms with Crippen molar-refractivity contribution in [3.8, 4) is 5.75 Å². The average Bonchev–Trinajstić information content (AvgIpc) is 1.64. The van der Waals surface area contributed by atoms with Gasteiger partial charge in [0.25, 0.3) is 0 Å². The predicted octanol–water partition coefficient (Wildman–Crippen LogP) is -4.54. The van der Waals surface area contributed by atoms with E-state index < -0.39 is 206 Å². The number of aromatic amines is 2. The topological polar surface area (TPSA) is 643 Å². The molecule has 3 aromatic carbocycles. The summed E-state index contributed by atoms with van der Waals surface area (Å²) in [6.07, 6.45) is 4.64. The Morgan fingerprint density at radius 2 is 1.09 bits per heavy atom. The number of carbonyl (C=O) groups excluding carboxylic acids is 14. The molecule has 41 heteroatoms. The first-order valence-corrected chi connectivity index (χ1v) is 39.9. The number of likely N-dealkylation sites (tertiary alicyclic amines) is 1. The third-order valence-corrected chi connectivity index (χ3v) is 19.9. The fraction of sp³-hybridized carbons (Fsp3) is 0.494. The number of rotatable bonds is 50. The van der Waals surface area contributed by atoms with Crippen molar-refractivity contribution >= 4 is 117 Å². The molecule has 118 heavy (non-hydrogen) atoms. The zero-order valence-electron chi connectivity index (χ0n) is 66.0. The number of nitrogens with one attached hydrogen (secondary N) is 16. The number of fused-ring (bicyclic) bond motifs is 1. The van der Waals surface area contributed by atoms with Crippen molar-refractivity contribution in [2.24, 2.45) is 23.1 Å². The van der Waals surface area contributed by atoms with Gasteiger partial charge in [0.15, 0.2) is 5.96 Å². The number of aromatic hydroxyl groups is 1. The highest BCUT2D eigenvalue weighted by Gasteiger charge is 2.41. The summed E-state index contributed by atoms with van der Waals surface area (Å²) in [7, 11) is 0. The van der Waals surface area contributed by atoms with Crippen molar-refractivity contribution in [2.45, 2.75) is 183 Å². The van der Waals surface area contributed by atoms with Crippen LogP contribution < -0.4 is 86.3 Å². The van der Waals surface area contributed by atoms with E-state index in [1.165, 1.54) is 53.5 Å². The number of hydrogen-bond acceptors (Lipinski definition) is 22. The van der Waals surface area contributed by atoms with Gasteiger partial charge in [-0.05, 0) is 117 Å². The summed E-state index contributed by atoms with van der Waals surface area (Å²) in [5.74, 6) is -14.9. The van der Waals surface area contributed by atoms with Crippen LogP contribution in [0, 0.1) is 11.3 Å². The van der Waals surface area contributed by atoms with Crippen molar-refractivity contribution in [3.05, 3.63) is 120 Å². The third kappa shape index (κ3) is 30.8. The van der Waals surface area contributed by atoms with E-state index in [0.29, 0.717) is 46.9 Å². The number of carbonyl (C=O) groups is 15. The van der Waals surface area contributed by atoms with E-state index in [2.05, 4.69) is 84.1 Å². The lowest BCUT2D eigenvalue weighted by Gasteiger charge is -2.30. The summed E-state index contributed by atoms with van der Waals surface area (Å²) in [5, 5.41) is 81.9. The van der Waals surface area contributed by atoms with Gasteiger partial charge in [-0.15, -0.1) is 0 Å². The monoisotopic (exact) mass is 1660 g/mol. The van der Waals surface area contributed by atoms with Crippen molar-refractivity contribution in [3.63, 3.8) is 0 Å². The molecule has 1 aliphatic rings. The molecule has 3 heterocycles. The van der Waals surface area contributed by atoms with E-state index in [1.54, 1.807) is 80.9 Å². The highest BCUT2D eigenvalue weighted by atomic mass is 32.2. The predicted molar refractivity (Wildman–Crippen MR) is 431 cm³/mol. The maximum absolute atomic E-state index is 15.2. The minimum Gasteiger partial charge on any atom is -0.508 e. The molecule has 0 radical (unpaired) electrons. The van der Waals surface area contributed by atoms with Gasteiger partial charge in [-0.3, -0.25) is 77.3 Å². The number of para-hydroxylation sites is 1. The number of benzene rings is 3. The van der Waals surface area contributed by atoms with Crippen molar-refractivity contribution in [1.29, 1.82) is 5.41 Å². The number of H-pyrrole nitrogens is 2. The molecule has 2 aromatic heterocycles. The number of thioether (sulfide) groups is 1. The number of carboxylic acids is 1. The van der Waals surface area contributed by atoms with E-state index >= 15 is 14.4 Å². The number of amides is 14. The number of phenolic OH excluding ortho intramolecular Hbond substituents is 1. The van der Waals surface area contributed by atoms with Gasteiger partial charge in [0.1, 0.15) is 78.3 Å². The molecule has 40 nitrogen and oxygen atoms in total. The molecule has 5 aromatic rings. The van der Waals surface area contributed by atoms with Crippen molar-refractivity contribution in [1.82, 2.24) is 89.0 Å². The number of unbranched alkanes of at least 4 members (excludes halogenated alkanes) is 1.